The molecule has 112 valence electrons. The Kier molecular flexibility index (Phi) is 4.59. The van der Waals surface area contributed by atoms with Crippen LogP contribution in [0.15, 0.2) is 35.4 Å². The van der Waals surface area contributed by atoms with Gasteiger partial charge in [0.1, 0.15) is 0 Å². The van der Waals surface area contributed by atoms with Crippen LogP contribution in [-0.4, -0.2) is 26.5 Å². The molecule has 0 fully saturated rings. The number of nitrogens with zero attached hydrogens (tertiary/aromatic N) is 1. The van der Waals surface area contributed by atoms with Crippen molar-refractivity contribution in [2.24, 2.45) is 0 Å². The molecule has 0 unspecified atom stereocenters. The molecule has 1 aromatic carbocycles. The number of aryl methyl sites for hydroxylation is 1. The number of aromatic nitrogens is 1. The van der Waals surface area contributed by atoms with E-state index in [0.717, 1.165) is 4.88 Å². The Morgan fingerprint density at radius 1 is 1.33 bits per heavy atom. The van der Waals surface area contributed by atoms with Crippen molar-refractivity contribution in [3.63, 3.8) is 0 Å². The van der Waals surface area contributed by atoms with E-state index in [1.807, 2.05) is 6.92 Å². The number of carbonyl (C=O) groups excluding carboxylic acids is 1. The number of thiazole rings is 1. The summed E-state index contributed by atoms with van der Waals surface area (Å²) >= 11 is 1.26. The summed E-state index contributed by atoms with van der Waals surface area (Å²) in [5.74, 6) is -0.373. The van der Waals surface area contributed by atoms with Gasteiger partial charge in [-0.1, -0.05) is 12.1 Å². The number of ether oxygens (including phenoxy) is 1. The lowest BCUT2D eigenvalue weighted by Crippen LogP contribution is -2.13. The van der Waals surface area contributed by atoms with Crippen molar-refractivity contribution in [3.8, 4) is 0 Å². The molecule has 6 nitrogen and oxygen atoms in total. The summed E-state index contributed by atoms with van der Waals surface area (Å²) in [6, 6.07) is 6.05. The first-order valence-corrected chi connectivity index (χ1v) is 8.31. The molecular weight excluding hydrogens is 312 g/mol. The van der Waals surface area contributed by atoms with Gasteiger partial charge in [-0.15, -0.1) is 11.3 Å². The van der Waals surface area contributed by atoms with Crippen molar-refractivity contribution in [1.82, 2.24) is 4.98 Å². The van der Waals surface area contributed by atoms with Crippen LogP contribution in [0, 0.1) is 6.92 Å². The predicted octanol–water partition coefficient (Wildman–Crippen LogP) is 1.97. The average Bonchev–Trinajstić information content (AvgIpc) is 2.83. The van der Waals surface area contributed by atoms with Gasteiger partial charge in [0.2, 0.25) is 0 Å². The minimum Gasteiger partial charge on any atom is -0.469 e. The van der Waals surface area contributed by atoms with Gasteiger partial charge in [-0.25, -0.2) is 13.4 Å². The molecule has 2 rings (SSSR count). The first-order chi connectivity index (χ1) is 9.90. The summed E-state index contributed by atoms with van der Waals surface area (Å²) < 4.78 is 31.3. The second-order valence-electron chi connectivity index (χ2n) is 4.28. The van der Waals surface area contributed by atoms with E-state index in [9.17, 15) is 13.2 Å². The van der Waals surface area contributed by atoms with Gasteiger partial charge in [0.05, 0.1) is 18.4 Å². The van der Waals surface area contributed by atoms with E-state index in [4.69, 9.17) is 0 Å². The zero-order valence-electron chi connectivity index (χ0n) is 11.5. The number of sulfonamides is 1. The molecule has 0 spiro atoms. The van der Waals surface area contributed by atoms with Crippen LogP contribution in [0.3, 0.4) is 0 Å². The Labute approximate surface area is 126 Å². The molecule has 0 saturated carbocycles. The van der Waals surface area contributed by atoms with E-state index in [2.05, 4.69) is 14.4 Å². The molecule has 0 aliphatic heterocycles. The van der Waals surface area contributed by atoms with Crippen molar-refractivity contribution >= 4 is 32.5 Å². The van der Waals surface area contributed by atoms with Crippen LogP contribution in [-0.2, 0) is 26.0 Å². The molecule has 1 N–H and O–H groups in total. The predicted molar refractivity (Wildman–Crippen MR) is 79.8 cm³/mol. The highest BCUT2D eigenvalue weighted by atomic mass is 32.2. The average molecular weight is 326 g/mol. The lowest BCUT2D eigenvalue weighted by Gasteiger charge is -2.06. The molecule has 2 aromatic rings. The van der Waals surface area contributed by atoms with Crippen molar-refractivity contribution in [2.45, 2.75) is 18.2 Å². The maximum atomic E-state index is 12.2. The third-order valence-electron chi connectivity index (χ3n) is 2.65. The molecule has 8 heteroatoms. The smallest absolute Gasteiger partial charge is 0.309 e. The van der Waals surface area contributed by atoms with Crippen LogP contribution >= 0.6 is 11.3 Å². The van der Waals surface area contributed by atoms with E-state index in [1.165, 1.54) is 30.6 Å². The third kappa shape index (κ3) is 4.02. The second-order valence-corrected chi connectivity index (χ2v) is 7.20. The zero-order valence-corrected chi connectivity index (χ0v) is 13.1. The molecule has 1 heterocycles. The maximum absolute atomic E-state index is 12.2. The van der Waals surface area contributed by atoms with Crippen molar-refractivity contribution in [1.29, 1.82) is 0 Å². The molecule has 1 aromatic heterocycles. The van der Waals surface area contributed by atoms with Gasteiger partial charge in [0.15, 0.2) is 5.13 Å². The van der Waals surface area contributed by atoms with E-state index >= 15 is 0 Å². The van der Waals surface area contributed by atoms with Gasteiger partial charge in [0, 0.05) is 11.1 Å². The third-order valence-corrected chi connectivity index (χ3v) is 4.96. The normalized spacial score (nSPS) is 11.1. The van der Waals surface area contributed by atoms with Crippen LogP contribution in [0.5, 0.6) is 0 Å². The number of benzene rings is 1. The Hall–Kier alpha value is -1.93. The molecular formula is C13H14N2O4S2. The number of carbonyl (C=O) groups is 1. The molecule has 0 amide bonds. The van der Waals surface area contributed by atoms with E-state index in [0.29, 0.717) is 10.7 Å². The standard InChI is InChI=1S/C13H14N2O4S2/c1-9-8-14-13(20-9)15-21(17,18)11-5-3-10(4-6-11)7-12(16)19-2/h3-6,8H,7H2,1-2H3,(H,14,15). The fourth-order valence-corrected chi connectivity index (χ4v) is 3.51. The van der Waals surface area contributed by atoms with E-state index in [-0.39, 0.29) is 17.3 Å². The summed E-state index contributed by atoms with van der Waals surface area (Å²) in [7, 11) is -2.36. The van der Waals surface area contributed by atoms with Crippen molar-refractivity contribution < 1.29 is 17.9 Å². The SMILES string of the molecule is COC(=O)Cc1ccc(S(=O)(=O)Nc2ncc(C)s2)cc1. The lowest BCUT2D eigenvalue weighted by atomic mass is 10.2. The summed E-state index contributed by atoms with van der Waals surface area (Å²) in [5, 5.41) is 0.325. The molecule has 21 heavy (non-hydrogen) atoms. The first kappa shape index (κ1) is 15.5. The maximum Gasteiger partial charge on any atom is 0.309 e. The number of hydrogen-bond acceptors (Lipinski definition) is 6. The van der Waals surface area contributed by atoms with Gasteiger partial charge in [-0.2, -0.15) is 0 Å². The van der Waals surface area contributed by atoms with E-state index in [1.54, 1.807) is 18.3 Å². The fraction of sp³-hybridized carbons (Fsp3) is 0.231. The number of nitrogens with one attached hydrogen (secondary N) is 1. The van der Waals surface area contributed by atoms with Crippen LogP contribution in [0.1, 0.15) is 10.4 Å². The second kappa shape index (κ2) is 6.23. The Morgan fingerprint density at radius 2 is 2.00 bits per heavy atom. The van der Waals surface area contributed by atoms with E-state index < -0.39 is 10.0 Å². The van der Waals surface area contributed by atoms with Gasteiger partial charge in [-0.05, 0) is 24.6 Å². The monoisotopic (exact) mass is 326 g/mol. The van der Waals surface area contributed by atoms with Crippen LogP contribution in [0.4, 0.5) is 5.13 Å². The first-order valence-electron chi connectivity index (χ1n) is 6.02. The van der Waals surface area contributed by atoms with Gasteiger partial charge < -0.3 is 4.74 Å². The summed E-state index contributed by atoms with van der Waals surface area (Å²) in [5.41, 5.74) is 0.686. The molecule has 0 aliphatic rings. The zero-order chi connectivity index (χ0) is 15.5. The van der Waals surface area contributed by atoms with Crippen molar-refractivity contribution in [3.05, 3.63) is 40.9 Å². The van der Waals surface area contributed by atoms with Gasteiger partial charge in [0.25, 0.3) is 10.0 Å². The molecule has 0 bridgehead atoms. The quantitative estimate of drug-likeness (QED) is 0.849. The molecule has 0 radical (unpaired) electrons. The van der Waals surface area contributed by atoms with Crippen LogP contribution in [0.2, 0.25) is 0 Å². The van der Waals surface area contributed by atoms with Crippen LogP contribution in [0.25, 0.3) is 0 Å². The molecule has 0 aliphatic carbocycles. The number of hydrogen-bond donors (Lipinski definition) is 1. The topological polar surface area (TPSA) is 85.4 Å². The van der Waals surface area contributed by atoms with Gasteiger partial charge in [-0.3, -0.25) is 9.52 Å². The Balaban J connectivity index is 2.15. The fourth-order valence-electron chi connectivity index (χ4n) is 1.60. The minimum atomic E-state index is -3.67. The number of rotatable bonds is 5. The summed E-state index contributed by atoms with van der Waals surface area (Å²) in [4.78, 5) is 16.1. The summed E-state index contributed by atoms with van der Waals surface area (Å²) in [6.07, 6.45) is 1.71. The van der Waals surface area contributed by atoms with Crippen LogP contribution < -0.4 is 4.72 Å². The Morgan fingerprint density at radius 3 is 2.52 bits per heavy atom. The van der Waals surface area contributed by atoms with Crippen molar-refractivity contribution in [2.75, 3.05) is 11.8 Å². The van der Waals surface area contributed by atoms with Gasteiger partial charge >= 0.3 is 5.97 Å². The highest BCUT2D eigenvalue weighted by Gasteiger charge is 2.16. The highest BCUT2D eigenvalue weighted by Crippen LogP contribution is 2.21. The lowest BCUT2D eigenvalue weighted by molar-refractivity contribution is -0.139. The molecule has 0 atom stereocenters. The summed E-state index contributed by atoms with van der Waals surface area (Å²) in [6.45, 7) is 1.84. The Bertz CT molecular complexity index is 736. The number of anilines is 1. The largest absolute Gasteiger partial charge is 0.469 e. The number of esters is 1. The minimum absolute atomic E-state index is 0.107. The molecule has 0 saturated heterocycles. The highest BCUT2D eigenvalue weighted by molar-refractivity contribution is 7.93. The number of methoxy groups -OCH3 is 1.